The Kier molecular flexibility index (Phi) is 11.8. The van der Waals surface area contributed by atoms with Crippen molar-refractivity contribution in [2.75, 3.05) is 0 Å². The molecule has 8 bridgehead atoms. The molecule has 0 saturated heterocycles. The quantitative estimate of drug-likeness (QED) is 0.164. The number of H-pyrrole nitrogens is 3. The van der Waals surface area contributed by atoms with Crippen LogP contribution >= 0.6 is 0 Å². The molecule has 4 aromatic heterocycles. The van der Waals surface area contributed by atoms with Gasteiger partial charge in [-0.3, -0.25) is 5.10 Å². The summed E-state index contributed by atoms with van der Waals surface area (Å²) >= 11 is 0. The van der Waals surface area contributed by atoms with Gasteiger partial charge in [0.05, 0.1) is 40.1 Å². The molecule has 7 heteroatoms. The summed E-state index contributed by atoms with van der Waals surface area (Å²) in [4.78, 5) is 19.3. The second kappa shape index (κ2) is 17.0. The molecular formula is C64H75N7. The lowest BCUT2D eigenvalue weighted by molar-refractivity contribution is 0.568. The first kappa shape index (κ1) is 49.4. The zero-order chi connectivity index (χ0) is 51.4. The van der Waals surface area contributed by atoms with Gasteiger partial charge in [0.25, 0.3) is 0 Å². The molecular weight excluding hydrogens is 867 g/mol. The van der Waals surface area contributed by atoms with E-state index in [2.05, 4.69) is 253 Å². The molecule has 0 radical (unpaired) electrons. The van der Waals surface area contributed by atoms with Crippen LogP contribution in [0.25, 0.3) is 91.0 Å². The Morgan fingerprint density at radius 3 is 0.817 bits per heavy atom. The number of aromatic amines is 3. The van der Waals surface area contributed by atoms with E-state index >= 15 is 0 Å². The summed E-state index contributed by atoms with van der Waals surface area (Å²) in [6, 6.07) is 30.3. The van der Waals surface area contributed by atoms with Gasteiger partial charge in [0.1, 0.15) is 5.69 Å². The van der Waals surface area contributed by atoms with E-state index in [1.807, 2.05) is 6.20 Å². The van der Waals surface area contributed by atoms with Crippen LogP contribution in [-0.2, 0) is 32.5 Å². The van der Waals surface area contributed by atoms with Crippen molar-refractivity contribution in [1.29, 1.82) is 0 Å². The maximum atomic E-state index is 5.76. The summed E-state index contributed by atoms with van der Waals surface area (Å²) < 4.78 is 0. The fourth-order valence-electron chi connectivity index (χ4n) is 9.62. The number of benzene rings is 3. The van der Waals surface area contributed by atoms with Gasteiger partial charge in [0.15, 0.2) is 0 Å². The molecule has 0 amide bonds. The van der Waals surface area contributed by atoms with Crippen molar-refractivity contribution in [3.63, 3.8) is 0 Å². The lowest BCUT2D eigenvalue weighted by Crippen LogP contribution is -2.16. The molecule has 7 aromatic rings. The Bertz CT molecular complexity index is 3280. The van der Waals surface area contributed by atoms with Crippen LogP contribution in [0.15, 0.2) is 85.1 Å². The zero-order valence-corrected chi connectivity index (χ0v) is 45.7. The van der Waals surface area contributed by atoms with Crippen molar-refractivity contribution in [2.45, 2.75) is 157 Å². The highest BCUT2D eigenvalue weighted by molar-refractivity contribution is 6.00. The lowest BCUT2D eigenvalue weighted by Gasteiger charge is -2.26. The summed E-state index contributed by atoms with van der Waals surface area (Å²) in [6.45, 7) is 41.4. The standard InChI is InChI=1S/C64H75N7/c1-59(2,3)40-27-37(28-41(33-40)60(4,5)6)55-46-19-21-48(66-46)56(38-29-42(61(7,8)9)34-43(30-38)62(10,11)12)50-23-25-52(68-50)58(54-36-65-71-70-54)53-26-24-51(69-53)57(49-22-20-47(55)67-49)39-31-44(63(13,14)15)35-45(32-39)64(16,17)18/h19-36,66,69H,1-18H3,(H,65,70,71). The first-order chi connectivity index (χ1) is 32.9. The van der Waals surface area contributed by atoms with Crippen molar-refractivity contribution in [2.24, 2.45) is 0 Å². The molecule has 2 aliphatic rings. The van der Waals surface area contributed by atoms with Crippen LogP contribution in [0.4, 0.5) is 0 Å². The molecule has 0 spiro atoms. The second-order valence-corrected chi connectivity index (χ2v) is 26.3. The molecule has 0 saturated carbocycles. The Hall–Kier alpha value is -6.60. The summed E-state index contributed by atoms with van der Waals surface area (Å²) in [5, 5.41) is 11.8. The van der Waals surface area contributed by atoms with Gasteiger partial charge in [-0.05, 0) is 131 Å². The largest absolute Gasteiger partial charge is 0.354 e. The topological polar surface area (TPSA) is 98.9 Å². The number of nitrogens with zero attached hydrogens (tertiary/aromatic N) is 4. The van der Waals surface area contributed by atoms with Crippen molar-refractivity contribution in [1.82, 2.24) is 35.3 Å². The molecule has 0 aliphatic carbocycles. The molecule has 0 unspecified atom stereocenters. The number of nitrogens with one attached hydrogen (secondary N) is 3. The molecule has 7 nitrogen and oxygen atoms in total. The van der Waals surface area contributed by atoms with Crippen molar-refractivity contribution < 1.29 is 0 Å². The molecule has 366 valence electrons. The predicted molar refractivity (Wildman–Crippen MR) is 303 cm³/mol. The van der Waals surface area contributed by atoms with Crippen molar-refractivity contribution in [3.8, 4) is 44.6 Å². The van der Waals surface area contributed by atoms with Gasteiger partial charge in [-0.25, -0.2) is 9.97 Å². The van der Waals surface area contributed by atoms with E-state index in [0.717, 1.165) is 83.8 Å². The van der Waals surface area contributed by atoms with E-state index in [4.69, 9.17) is 9.97 Å². The van der Waals surface area contributed by atoms with Gasteiger partial charge < -0.3 is 9.97 Å². The van der Waals surface area contributed by atoms with Gasteiger partial charge in [-0.15, -0.1) is 5.10 Å². The predicted octanol–water partition coefficient (Wildman–Crippen LogP) is 17.2. The van der Waals surface area contributed by atoms with Gasteiger partial charge in [0.2, 0.25) is 0 Å². The fraction of sp³-hybridized carbons (Fsp3) is 0.375. The summed E-state index contributed by atoms with van der Waals surface area (Å²) in [6.07, 6.45) is 10.6. The first-order valence-corrected chi connectivity index (χ1v) is 25.5. The molecule has 3 N–H and O–H groups in total. The van der Waals surface area contributed by atoms with Gasteiger partial charge in [-0.2, -0.15) is 0 Å². The minimum absolute atomic E-state index is 0.0944. The lowest BCUT2D eigenvalue weighted by atomic mass is 9.78. The van der Waals surface area contributed by atoms with E-state index < -0.39 is 0 Å². The van der Waals surface area contributed by atoms with E-state index in [1.165, 1.54) is 33.4 Å². The van der Waals surface area contributed by atoms with E-state index in [1.54, 1.807) is 0 Å². The van der Waals surface area contributed by atoms with E-state index in [0.29, 0.717) is 5.69 Å². The zero-order valence-electron chi connectivity index (χ0n) is 45.7. The normalized spacial score (nSPS) is 13.7. The number of fused-ring (bicyclic) bond motifs is 8. The molecule has 9 rings (SSSR count). The Labute approximate surface area is 422 Å². The van der Waals surface area contributed by atoms with E-state index in [-0.39, 0.29) is 32.5 Å². The van der Waals surface area contributed by atoms with Gasteiger partial charge >= 0.3 is 0 Å². The van der Waals surface area contributed by atoms with E-state index in [9.17, 15) is 0 Å². The number of rotatable bonds is 4. The number of aromatic nitrogens is 7. The average molecular weight is 942 g/mol. The van der Waals surface area contributed by atoms with Crippen LogP contribution in [0.5, 0.6) is 0 Å². The molecule has 0 atom stereocenters. The highest BCUT2D eigenvalue weighted by atomic mass is 15.3. The minimum atomic E-state index is -0.0950. The van der Waals surface area contributed by atoms with Gasteiger partial charge in [-0.1, -0.05) is 184 Å². The third-order valence-electron chi connectivity index (χ3n) is 14.3. The first-order valence-electron chi connectivity index (χ1n) is 25.5. The molecule has 3 aromatic carbocycles. The van der Waals surface area contributed by atoms with Gasteiger partial charge in [0, 0.05) is 33.2 Å². The summed E-state index contributed by atoms with van der Waals surface area (Å²) in [7, 11) is 0. The van der Waals surface area contributed by atoms with Crippen LogP contribution in [0, 0.1) is 0 Å². The van der Waals surface area contributed by atoms with Crippen molar-refractivity contribution >= 4 is 46.4 Å². The SMILES string of the molecule is CC(C)(C)c1cc(-c2c3nc(c(-c4cc(C(C)(C)C)cc(C(C)(C)C)c4)c4ccc([nH]4)c(-c4c[nH]nn4)c4nc(c(-c5cc(C(C)(C)C)cc(C(C)(C)C)c5)c5ccc2[nH]5)C=C4)C=C3)cc(C(C)(C)C)c1. The summed E-state index contributed by atoms with van der Waals surface area (Å²) in [5.41, 5.74) is 22.3. The fourth-order valence-corrected chi connectivity index (χ4v) is 9.62. The third-order valence-corrected chi connectivity index (χ3v) is 14.3. The van der Waals surface area contributed by atoms with Crippen molar-refractivity contribution in [3.05, 3.63) is 141 Å². The average Bonchev–Trinajstić information content (AvgIpc) is 4.13. The maximum absolute atomic E-state index is 5.76. The Balaban J connectivity index is 1.52. The highest BCUT2D eigenvalue weighted by Crippen LogP contribution is 2.43. The highest BCUT2D eigenvalue weighted by Gasteiger charge is 2.28. The van der Waals surface area contributed by atoms with Crippen LogP contribution in [0.1, 0.15) is 181 Å². The van der Waals surface area contributed by atoms with Crippen LogP contribution in [0.3, 0.4) is 0 Å². The number of hydrogen-bond acceptors (Lipinski definition) is 4. The summed E-state index contributed by atoms with van der Waals surface area (Å²) in [5.74, 6) is 0. The minimum Gasteiger partial charge on any atom is -0.354 e. The number of hydrogen-bond donors (Lipinski definition) is 3. The smallest absolute Gasteiger partial charge is 0.117 e. The molecule has 0 fully saturated rings. The Morgan fingerprint density at radius 2 is 0.577 bits per heavy atom. The van der Waals surface area contributed by atoms with Crippen LogP contribution in [0.2, 0.25) is 0 Å². The third kappa shape index (κ3) is 9.77. The monoisotopic (exact) mass is 942 g/mol. The van der Waals surface area contributed by atoms with Crippen LogP contribution < -0.4 is 0 Å². The molecule has 71 heavy (non-hydrogen) atoms. The molecule has 6 heterocycles. The second-order valence-electron chi connectivity index (χ2n) is 26.3. The Morgan fingerprint density at radius 1 is 0.324 bits per heavy atom. The molecule has 2 aliphatic heterocycles. The van der Waals surface area contributed by atoms with Crippen LogP contribution in [-0.4, -0.2) is 35.3 Å². The maximum Gasteiger partial charge on any atom is 0.117 e.